The van der Waals surface area contributed by atoms with Gasteiger partial charge in [-0.15, -0.1) is 0 Å². The van der Waals surface area contributed by atoms with Crippen molar-refractivity contribution in [1.29, 1.82) is 0 Å². The Morgan fingerprint density at radius 2 is 1.86 bits per heavy atom. The van der Waals surface area contributed by atoms with Crippen LogP contribution >= 0.6 is 11.6 Å². The Bertz CT molecular complexity index is 2070. The van der Waals surface area contributed by atoms with E-state index in [0.717, 1.165) is 27.6 Å². The third-order valence-corrected chi connectivity index (χ3v) is 8.78. The van der Waals surface area contributed by atoms with Crippen LogP contribution < -0.4 is 11.1 Å². The van der Waals surface area contributed by atoms with E-state index in [-0.39, 0.29) is 17.7 Å². The monoisotopic (exact) mass is 597 g/mol. The van der Waals surface area contributed by atoms with E-state index in [9.17, 15) is 14.4 Å². The molecule has 1 atom stereocenters. The lowest BCUT2D eigenvalue weighted by atomic mass is 9.92. The molecule has 1 N–H and O–H groups in total. The van der Waals surface area contributed by atoms with Crippen molar-refractivity contribution in [2.24, 2.45) is 5.92 Å². The smallest absolute Gasteiger partial charge is 0.322 e. The molecule has 0 radical (unpaired) electrons. The summed E-state index contributed by atoms with van der Waals surface area (Å²) in [5.74, 6) is -0.246. The first-order valence-electron chi connectivity index (χ1n) is 14.2. The summed E-state index contributed by atoms with van der Waals surface area (Å²) >= 11 is 7.00. The highest BCUT2D eigenvalue weighted by atomic mass is 35.5. The lowest BCUT2D eigenvalue weighted by Crippen LogP contribution is -2.54. The Labute approximate surface area is 252 Å². The molecule has 43 heavy (non-hydrogen) atoms. The van der Waals surface area contributed by atoms with Gasteiger partial charge in [-0.25, -0.2) is 4.98 Å². The number of pyridine rings is 2. The standard InChI is InChI=1S/C32H32ClN7O3/c1-7-25(41)38-14-20(15-38)19(6)39-24-12-22(33)28(26-17(4)8-9-23-21(26)13-35-37-23)36-30(24)40(32(43)31(39)42)29-18(5)10-11-34-27(29)16(2)3/h7-13,16,19-20H,1,14-15H2,2-6H3,(H,35,37). The van der Waals surface area contributed by atoms with Gasteiger partial charge in [0.05, 0.1) is 39.3 Å². The van der Waals surface area contributed by atoms with Gasteiger partial charge in [-0.3, -0.25) is 33.6 Å². The molecule has 1 saturated heterocycles. The summed E-state index contributed by atoms with van der Waals surface area (Å²) in [7, 11) is 0. The van der Waals surface area contributed by atoms with E-state index >= 15 is 0 Å². The van der Waals surface area contributed by atoms with Gasteiger partial charge < -0.3 is 4.90 Å². The van der Waals surface area contributed by atoms with Crippen LogP contribution in [0.1, 0.15) is 49.6 Å². The number of carbonyl (C=O) groups excluding carboxylic acids is 1. The predicted molar refractivity (Wildman–Crippen MR) is 168 cm³/mol. The summed E-state index contributed by atoms with van der Waals surface area (Å²) in [5.41, 5.74) is 4.32. The highest BCUT2D eigenvalue weighted by Gasteiger charge is 2.36. The maximum absolute atomic E-state index is 14.2. The summed E-state index contributed by atoms with van der Waals surface area (Å²) < 4.78 is 2.89. The molecule has 1 fully saturated rings. The summed E-state index contributed by atoms with van der Waals surface area (Å²) in [6.45, 7) is 14.2. The molecule has 11 heteroatoms. The number of aromatic amines is 1. The van der Waals surface area contributed by atoms with Crippen molar-refractivity contribution in [2.75, 3.05) is 13.1 Å². The maximum Gasteiger partial charge on any atom is 0.322 e. The number of aryl methyl sites for hydroxylation is 2. The molecule has 5 aromatic rings. The van der Waals surface area contributed by atoms with Gasteiger partial charge in [0.15, 0.2) is 5.65 Å². The van der Waals surface area contributed by atoms with Crippen LogP contribution in [0.3, 0.4) is 0 Å². The van der Waals surface area contributed by atoms with E-state index in [1.165, 1.54) is 15.2 Å². The quantitative estimate of drug-likeness (QED) is 0.215. The molecule has 1 amide bonds. The molecule has 4 aromatic heterocycles. The van der Waals surface area contributed by atoms with Gasteiger partial charge in [0.1, 0.15) is 0 Å². The molecule has 0 saturated carbocycles. The Balaban J connectivity index is 1.69. The Morgan fingerprint density at radius 1 is 1.12 bits per heavy atom. The highest BCUT2D eigenvalue weighted by molar-refractivity contribution is 6.34. The van der Waals surface area contributed by atoms with Crippen molar-refractivity contribution >= 4 is 39.6 Å². The van der Waals surface area contributed by atoms with Gasteiger partial charge >= 0.3 is 11.1 Å². The zero-order chi connectivity index (χ0) is 30.7. The molecule has 1 unspecified atom stereocenters. The fourth-order valence-corrected chi connectivity index (χ4v) is 6.31. The Hall–Kier alpha value is -4.57. The minimum absolute atomic E-state index is 0.0322. The minimum Gasteiger partial charge on any atom is -0.338 e. The first kappa shape index (κ1) is 28.5. The fourth-order valence-electron chi connectivity index (χ4n) is 6.07. The molecule has 5 heterocycles. The SMILES string of the molecule is C=CC(=O)N1CC(C(C)n2c(=O)c(=O)n(-c3c(C)ccnc3C(C)C)c3nc(-c4c(C)ccc5[nH]ncc45)c(Cl)cc32)C1. The second-order valence-electron chi connectivity index (χ2n) is 11.5. The zero-order valence-corrected chi connectivity index (χ0v) is 25.4. The predicted octanol–water partition coefficient (Wildman–Crippen LogP) is 5.08. The second-order valence-corrected chi connectivity index (χ2v) is 11.9. The van der Waals surface area contributed by atoms with Crippen molar-refractivity contribution in [3.05, 3.63) is 91.9 Å². The van der Waals surface area contributed by atoms with Gasteiger partial charge in [-0.1, -0.05) is 38.1 Å². The fraction of sp³-hybridized carbons (Fsp3) is 0.312. The number of amides is 1. The number of halogens is 1. The van der Waals surface area contributed by atoms with Crippen LogP contribution in [-0.2, 0) is 4.79 Å². The molecular formula is C32H32ClN7O3. The number of rotatable bonds is 6. The first-order chi connectivity index (χ1) is 20.5. The molecule has 1 aromatic carbocycles. The molecule has 0 aliphatic carbocycles. The molecule has 0 spiro atoms. The molecule has 1 aliphatic rings. The van der Waals surface area contributed by atoms with Crippen molar-refractivity contribution in [3.63, 3.8) is 0 Å². The van der Waals surface area contributed by atoms with Crippen molar-refractivity contribution in [1.82, 2.24) is 34.2 Å². The number of H-pyrrole nitrogens is 1. The minimum atomic E-state index is -0.727. The number of nitrogens with one attached hydrogen (secondary N) is 1. The van der Waals surface area contributed by atoms with E-state index < -0.39 is 17.2 Å². The van der Waals surface area contributed by atoms with E-state index in [4.69, 9.17) is 16.6 Å². The van der Waals surface area contributed by atoms with Crippen LogP contribution in [0.2, 0.25) is 5.02 Å². The third-order valence-electron chi connectivity index (χ3n) is 8.49. The molecule has 10 nitrogen and oxygen atoms in total. The van der Waals surface area contributed by atoms with E-state index in [1.807, 2.05) is 52.8 Å². The number of hydrogen-bond acceptors (Lipinski definition) is 6. The number of fused-ring (bicyclic) bond motifs is 2. The maximum atomic E-state index is 14.2. The lowest BCUT2D eigenvalue weighted by molar-refractivity contribution is -0.133. The van der Waals surface area contributed by atoms with Crippen molar-refractivity contribution in [3.8, 4) is 16.9 Å². The molecule has 220 valence electrons. The van der Waals surface area contributed by atoms with Crippen LogP contribution in [-0.4, -0.2) is 53.2 Å². The third kappa shape index (κ3) is 4.48. The number of likely N-dealkylation sites (tertiary alicyclic amines) is 1. The molecule has 0 bridgehead atoms. The van der Waals surface area contributed by atoms with Crippen molar-refractivity contribution < 1.29 is 4.79 Å². The topological polar surface area (TPSA) is 119 Å². The van der Waals surface area contributed by atoms with Crippen LogP contribution in [0, 0.1) is 19.8 Å². The lowest BCUT2D eigenvalue weighted by Gasteiger charge is -2.42. The number of nitrogens with zero attached hydrogens (tertiary/aromatic N) is 6. The summed E-state index contributed by atoms with van der Waals surface area (Å²) in [5, 5.41) is 8.38. The molecule has 6 rings (SSSR count). The highest BCUT2D eigenvalue weighted by Crippen LogP contribution is 2.37. The van der Waals surface area contributed by atoms with Gasteiger partial charge in [-0.2, -0.15) is 5.10 Å². The van der Waals surface area contributed by atoms with Gasteiger partial charge in [0.25, 0.3) is 0 Å². The van der Waals surface area contributed by atoms with Crippen molar-refractivity contribution in [2.45, 2.75) is 46.6 Å². The average Bonchev–Trinajstić information content (AvgIpc) is 3.42. The number of benzene rings is 1. The second kappa shape index (κ2) is 10.6. The summed E-state index contributed by atoms with van der Waals surface area (Å²) in [6.07, 6.45) is 4.71. The Morgan fingerprint density at radius 3 is 2.56 bits per heavy atom. The van der Waals surface area contributed by atoms with E-state index in [0.29, 0.717) is 46.4 Å². The van der Waals surface area contributed by atoms with E-state index in [2.05, 4.69) is 21.8 Å². The van der Waals surface area contributed by atoms with Gasteiger partial charge in [-0.05, 0) is 62.1 Å². The molecular weight excluding hydrogens is 566 g/mol. The summed E-state index contributed by atoms with van der Waals surface area (Å²) in [6, 6.07) is 7.04. The normalized spacial score (nSPS) is 14.4. The van der Waals surface area contributed by atoms with E-state index in [1.54, 1.807) is 23.4 Å². The van der Waals surface area contributed by atoms with Crippen LogP contribution in [0.4, 0.5) is 0 Å². The van der Waals surface area contributed by atoms with Crippen LogP contribution in [0.5, 0.6) is 0 Å². The Kier molecular flexibility index (Phi) is 7.04. The summed E-state index contributed by atoms with van der Waals surface area (Å²) in [4.78, 5) is 51.7. The first-order valence-corrected chi connectivity index (χ1v) is 14.6. The number of carbonyl (C=O) groups is 1. The molecule has 1 aliphatic heterocycles. The zero-order valence-electron chi connectivity index (χ0n) is 24.7. The van der Waals surface area contributed by atoms with Crippen LogP contribution in [0.25, 0.3) is 39.0 Å². The average molecular weight is 598 g/mol. The number of hydrogen-bond donors (Lipinski definition) is 1. The van der Waals surface area contributed by atoms with Crippen LogP contribution in [0.15, 0.2) is 58.9 Å². The number of aromatic nitrogens is 6. The largest absolute Gasteiger partial charge is 0.338 e. The van der Waals surface area contributed by atoms with Gasteiger partial charge in [0.2, 0.25) is 5.91 Å². The van der Waals surface area contributed by atoms with Gasteiger partial charge in [0, 0.05) is 42.2 Å².